The van der Waals surface area contributed by atoms with E-state index in [1.165, 1.54) is 16.7 Å². The number of amides is 1. The number of aliphatic carboxylic acids is 1. The standard InChI is InChI=1S/C43H64N2O6S/c1-27(2)35-32(46)26-43(38(49)44-20-21-45-22-24-52(50,51)25-23-45)19-18-41(6)31(36(35)43)12-13-34-40(5)16-14-30(28-8-10-29(11-9-28)37(47)48)39(3,4)33(40)15-17-42(34,41)7/h8,14,27,29,31,33-34H,9-13,15-26H2,1-7H3,(H,44,49)(H,47,48)/t29?,31?,33?,34?,40-,41+,42+,43+/m0/s1. The quantitative estimate of drug-likeness (QED) is 0.285. The van der Waals surface area contributed by atoms with Gasteiger partial charge >= 0.3 is 5.97 Å². The van der Waals surface area contributed by atoms with Gasteiger partial charge in [-0.05, 0) is 132 Å². The predicted molar refractivity (Wildman–Crippen MR) is 204 cm³/mol. The third kappa shape index (κ3) is 5.66. The van der Waals surface area contributed by atoms with Crippen molar-refractivity contribution in [3.63, 3.8) is 0 Å². The van der Waals surface area contributed by atoms with Crippen molar-refractivity contribution in [1.82, 2.24) is 10.2 Å². The van der Waals surface area contributed by atoms with E-state index < -0.39 is 21.2 Å². The molecule has 1 heterocycles. The van der Waals surface area contributed by atoms with Gasteiger partial charge in [0.1, 0.15) is 0 Å². The van der Waals surface area contributed by atoms with Crippen LogP contribution >= 0.6 is 0 Å². The van der Waals surface area contributed by atoms with Crippen molar-refractivity contribution in [2.45, 2.75) is 119 Å². The van der Waals surface area contributed by atoms with Crippen LogP contribution in [0.2, 0.25) is 0 Å². The molecule has 52 heavy (non-hydrogen) atoms. The Hall–Kier alpha value is -2.26. The molecule has 3 saturated carbocycles. The van der Waals surface area contributed by atoms with E-state index in [1.807, 2.05) is 0 Å². The number of nitrogens with one attached hydrogen (secondary N) is 1. The SMILES string of the molecule is CC(C)C1=C2C3CCC4[C@@]5(C)CC=C(C6=CCC(C(=O)O)CC6)C(C)(C)C5CC[C@@]4(C)[C@]3(C)CC[C@@]2(C(=O)NCCN2CCS(=O)(=O)CC2)CC1=O. The molecular weight excluding hydrogens is 673 g/mol. The Morgan fingerprint density at radius 1 is 0.942 bits per heavy atom. The molecule has 0 bridgehead atoms. The molecule has 0 aromatic carbocycles. The van der Waals surface area contributed by atoms with Crippen molar-refractivity contribution in [3.8, 4) is 0 Å². The van der Waals surface area contributed by atoms with E-state index in [0.717, 1.165) is 56.9 Å². The number of ketones is 1. The van der Waals surface area contributed by atoms with Crippen LogP contribution in [-0.4, -0.2) is 73.8 Å². The van der Waals surface area contributed by atoms with E-state index >= 15 is 0 Å². The van der Waals surface area contributed by atoms with Gasteiger partial charge in [-0.2, -0.15) is 0 Å². The zero-order chi connectivity index (χ0) is 37.6. The first-order valence-corrected chi connectivity index (χ1v) is 22.2. The summed E-state index contributed by atoms with van der Waals surface area (Å²) in [4.78, 5) is 42.3. The number of hydrogen-bond donors (Lipinski definition) is 2. The second-order valence-electron chi connectivity index (χ2n) is 19.6. The molecule has 1 saturated heterocycles. The minimum absolute atomic E-state index is 0.000447. The summed E-state index contributed by atoms with van der Waals surface area (Å²) in [5.41, 5.74) is 4.31. The van der Waals surface area contributed by atoms with Crippen LogP contribution in [-0.2, 0) is 24.2 Å². The van der Waals surface area contributed by atoms with Gasteiger partial charge in [0.25, 0.3) is 0 Å². The van der Waals surface area contributed by atoms with Crippen molar-refractivity contribution < 1.29 is 27.9 Å². The molecule has 7 rings (SSSR count). The Morgan fingerprint density at radius 2 is 1.65 bits per heavy atom. The lowest BCUT2D eigenvalue weighted by Gasteiger charge is -2.71. The van der Waals surface area contributed by atoms with Gasteiger partial charge in [-0.25, -0.2) is 8.42 Å². The van der Waals surface area contributed by atoms with E-state index in [4.69, 9.17) is 0 Å². The number of allylic oxidation sites excluding steroid dienone is 5. The minimum Gasteiger partial charge on any atom is -0.481 e. The molecule has 4 unspecified atom stereocenters. The Morgan fingerprint density at radius 3 is 2.29 bits per heavy atom. The fourth-order valence-electron chi connectivity index (χ4n) is 13.8. The summed E-state index contributed by atoms with van der Waals surface area (Å²) in [6.45, 7) is 18.9. The molecule has 8 nitrogen and oxygen atoms in total. The highest BCUT2D eigenvalue weighted by atomic mass is 32.2. The largest absolute Gasteiger partial charge is 0.481 e. The minimum atomic E-state index is -2.96. The number of sulfone groups is 1. The molecular formula is C43H64N2O6S. The van der Waals surface area contributed by atoms with Gasteiger partial charge in [-0.1, -0.05) is 60.6 Å². The molecule has 9 heteroatoms. The van der Waals surface area contributed by atoms with Gasteiger partial charge < -0.3 is 10.4 Å². The highest BCUT2D eigenvalue weighted by Gasteiger charge is 2.70. The first-order valence-electron chi connectivity index (χ1n) is 20.4. The molecule has 0 spiro atoms. The maximum Gasteiger partial charge on any atom is 0.306 e. The van der Waals surface area contributed by atoms with Crippen LogP contribution in [0.4, 0.5) is 0 Å². The molecule has 0 aromatic heterocycles. The zero-order valence-corrected chi connectivity index (χ0v) is 33.7. The normalized spacial score (nSPS) is 41.3. The fraction of sp³-hybridized carbons (Fsp3) is 0.791. The molecule has 4 fully saturated rings. The van der Waals surface area contributed by atoms with Crippen molar-refractivity contribution >= 4 is 27.5 Å². The van der Waals surface area contributed by atoms with E-state index in [-0.39, 0.29) is 69.0 Å². The zero-order valence-electron chi connectivity index (χ0n) is 32.9. The Kier molecular flexibility index (Phi) is 9.45. The van der Waals surface area contributed by atoms with E-state index in [0.29, 0.717) is 50.9 Å². The number of fused-ring (bicyclic) bond motifs is 7. The Bertz CT molecular complexity index is 1730. The predicted octanol–water partition coefficient (Wildman–Crippen LogP) is 7.16. The van der Waals surface area contributed by atoms with Crippen LogP contribution < -0.4 is 5.32 Å². The summed E-state index contributed by atoms with van der Waals surface area (Å²) < 4.78 is 23.9. The van der Waals surface area contributed by atoms with Gasteiger partial charge in [-0.3, -0.25) is 19.3 Å². The third-order valence-corrected chi connectivity index (χ3v) is 18.3. The van der Waals surface area contributed by atoms with Crippen LogP contribution in [0.25, 0.3) is 0 Å². The summed E-state index contributed by atoms with van der Waals surface area (Å²) in [7, 11) is -2.96. The number of nitrogens with zero attached hydrogens (tertiary/aromatic N) is 1. The maximum absolute atomic E-state index is 14.5. The van der Waals surface area contributed by atoms with Crippen LogP contribution in [0.1, 0.15) is 119 Å². The molecule has 1 amide bonds. The lowest BCUT2D eigenvalue weighted by Crippen LogP contribution is -2.64. The lowest BCUT2D eigenvalue weighted by molar-refractivity contribution is -0.199. The summed E-state index contributed by atoms with van der Waals surface area (Å²) in [5.74, 6) is 0.884. The number of Topliss-reactive ketones (excluding diaryl/α,β-unsaturated/α-hetero) is 1. The topological polar surface area (TPSA) is 121 Å². The smallest absolute Gasteiger partial charge is 0.306 e. The molecule has 6 aliphatic carbocycles. The number of rotatable bonds is 7. The number of carbonyl (C=O) groups excluding carboxylic acids is 2. The molecule has 7 aliphatic rings. The number of carboxylic acid groups (broad SMARTS) is 1. The number of hydrogen-bond acceptors (Lipinski definition) is 6. The molecule has 0 radical (unpaired) electrons. The van der Waals surface area contributed by atoms with Crippen molar-refractivity contribution in [1.29, 1.82) is 0 Å². The highest BCUT2D eigenvalue weighted by molar-refractivity contribution is 7.91. The molecule has 8 atom stereocenters. The average molecular weight is 737 g/mol. The number of carbonyl (C=O) groups is 3. The summed E-state index contributed by atoms with van der Waals surface area (Å²) >= 11 is 0. The van der Waals surface area contributed by atoms with Gasteiger partial charge in [-0.15, -0.1) is 0 Å². The van der Waals surface area contributed by atoms with Gasteiger partial charge in [0.15, 0.2) is 15.6 Å². The third-order valence-electron chi connectivity index (χ3n) is 16.7. The highest BCUT2D eigenvalue weighted by Crippen LogP contribution is 2.76. The van der Waals surface area contributed by atoms with Crippen molar-refractivity contribution in [3.05, 3.63) is 34.4 Å². The van der Waals surface area contributed by atoms with Crippen molar-refractivity contribution in [2.24, 2.45) is 56.7 Å². The van der Waals surface area contributed by atoms with Crippen LogP contribution in [0, 0.1) is 56.7 Å². The average Bonchev–Trinajstić information content (AvgIpc) is 3.39. The first-order chi connectivity index (χ1) is 24.3. The van der Waals surface area contributed by atoms with Crippen LogP contribution in [0.5, 0.6) is 0 Å². The first kappa shape index (κ1) is 38.0. The van der Waals surface area contributed by atoms with Crippen molar-refractivity contribution in [2.75, 3.05) is 37.7 Å². The summed E-state index contributed by atoms with van der Waals surface area (Å²) in [5, 5.41) is 12.9. The Labute approximate surface area is 312 Å². The lowest BCUT2D eigenvalue weighted by atomic mass is 9.33. The second-order valence-corrected chi connectivity index (χ2v) is 21.9. The molecule has 0 aromatic rings. The van der Waals surface area contributed by atoms with Gasteiger partial charge in [0, 0.05) is 32.6 Å². The van der Waals surface area contributed by atoms with E-state index in [9.17, 15) is 27.9 Å². The van der Waals surface area contributed by atoms with E-state index in [1.54, 1.807) is 0 Å². The van der Waals surface area contributed by atoms with Crippen LogP contribution in [0.15, 0.2) is 34.4 Å². The van der Waals surface area contributed by atoms with Gasteiger partial charge in [0.05, 0.1) is 22.8 Å². The fourth-order valence-corrected chi connectivity index (χ4v) is 15.1. The second kappa shape index (κ2) is 12.9. The van der Waals surface area contributed by atoms with Gasteiger partial charge in [0.2, 0.25) is 5.91 Å². The molecule has 2 N–H and O–H groups in total. The summed E-state index contributed by atoms with van der Waals surface area (Å²) in [6, 6.07) is 0. The molecule has 1 aliphatic heterocycles. The monoisotopic (exact) mass is 736 g/mol. The molecule has 288 valence electrons. The van der Waals surface area contributed by atoms with E-state index in [2.05, 4.69) is 70.8 Å². The maximum atomic E-state index is 14.5. The van der Waals surface area contributed by atoms with Crippen LogP contribution in [0.3, 0.4) is 0 Å². The Balaban J connectivity index is 1.16. The summed E-state index contributed by atoms with van der Waals surface area (Å²) in [6.07, 6.45) is 14.3. The number of carboxylic acids is 1.